The van der Waals surface area contributed by atoms with Crippen LogP contribution >= 0.6 is 10.0 Å². The van der Waals surface area contributed by atoms with E-state index in [1.165, 1.54) is 0 Å². The molecule has 0 aromatic heterocycles. The molecule has 1 aliphatic rings. The molecule has 29 heavy (non-hydrogen) atoms. The van der Waals surface area contributed by atoms with E-state index in [4.69, 9.17) is 14.0 Å². The Morgan fingerprint density at radius 2 is 1.72 bits per heavy atom. The highest BCUT2D eigenvalue weighted by Gasteiger charge is 2.50. The van der Waals surface area contributed by atoms with Crippen molar-refractivity contribution in [2.24, 2.45) is 0 Å². The Kier molecular flexibility index (Phi) is 7.40. The highest BCUT2D eigenvalue weighted by Crippen LogP contribution is 2.38. The van der Waals surface area contributed by atoms with Crippen LogP contribution in [-0.4, -0.2) is 60.5 Å². The third-order valence-corrected chi connectivity index (χ3v) is 7.24. The molecule has 5 nitrogen and oxygen atoms in total. The van der Waals surface area contributed by atoms with Gasteiger partial charge < -0.3 is 19.2 Å². The second kappa shape index (κ2) is 8.90. The SMILES string of the molecule is Cc1c(C(=O)OCCS(C)(C)C)ccc(CCCB2OC(C)(C)C(C)(C)O2)c1O. The Morgan fingerprint density at radius 1 is 1.14 bits per heavy atom. The van der Waals surface area contributed by atoms with Gasteiger partial charge in [0.2, 0.25) is 0 Å². The first-order valence-electron chi connectivity index (χ1n) is 10.2. The summed E-state index contributed by atoms with van der Waals surface area (Å²) >= 11 is 0. The Morgan fingerprint density at radius 3 is 2.28 bits per heavy atom. The lowest BCUT2D eigenvalue weighted by Crippen LogP contribution is -2.41. The zero-order valence-corrected chi connectivity index (χ0v) is 20.1. The van der Waals surface area contributed by atoms with Crippen molar-refractivity contribution in [3.05, 3.63) is 28.8 Å². The van der Waals surface area contributed by atoms with Crippen LogP contribution in [0.15, 0.2) is 12.1 Å². The van der Waals surface area contributed by atoms with Gasteiger partial charge in [0.1, 0.15) is 5.75 Å². The molecule has 0 bridgehead atoms. The summed E-state index contributed by atoms with van der Waals surface area (Å²) in [4.78, 5) is 12.4. The topological polar surface area (TPSA) is 65.0 Å². The van der Waals surface area contributed by atoms with E-state index < -0.39 is 10.0 Å². The van der Waals surface area contributed by atoms with Crippen molar-refractivity contribution in [2.45, 2.75) is 65.0 Å². The minimum atomic E-state index is -0.706. The number of ether oxygens (including phenoxy) is 1. The van der Waals surface area contributed by atoms with Crippen LogP contribution in [0.2, 0.25) is 6.32 Å². The van der Waals surface area contributed by atoms with Gasteiger partial charge >= 0.3 is 13.1 Å². The van der Waals surface area contributed by atoms with E-state index in [0.29, 0.717) is 24.2 Å². The fourth-order valence-electron chi connectivity index (χ4n) is 3.18. The second-order valence-corrected chi connectivity index (χ2v) is 14.3. The molecule has 0 saturated carbocycles. The third kappa shape index (κ3) is 6.16. The number of rotatable bonds is 8. The number of hydrogen-bond acceptors (Lipinski definition) is 5. The number of phenolic OH excluding ortho intramolecular Hbond substituents is 1. The molecule has 0 aliphatic carbocycles. The normalized spacial score (nSPS) is 18.7. The maximum absolute atomic E-state index is 12.4. The van der Waals surface area contributed by atoms with Gasteiger partial charge in [-0.05, 0) is 77.8 Å². The molecule has 1 saturated heterocycles. The summed E-state index contributed by atoms with van der Waals surface area (Å²) in [6.07, 6.45) is 8.84. The Bertz CT molecular complexity index is 723. The minimum Gasteiger partial charge on any atom is -0.507 e. The predicted octanol–water partition coefficient (Wildman–Crippen LogP) is 4.58. The molecule has 164 valence electrons. The smallest absolute Gasteiger partial charge is 0.457 e. The van der Waals surface area contributed by atoms with E-state index >= 15 is 0 Å². The summed E-state index contributed by atoms with van der Waals surface area (Å²) < 4.78 is 17.5. The molecule has 0 spiro atoms. The fraction of sp³-hybridized carbons (Fsp3) is 0.682. The van der Waals surface area contributed by atoms with E-state index in [1.807, 2.05) is 33.8 Å². The van der Waals surface area contributed by atoms with E-state index in [0.717, 1.165) is 24.1 Å². The van der Waals surface area contributed by atoms with Gasteiger partial charge in [0.15, 0.2) is 0 Å². The van der Waals surface area contributed by atoms with Crippen molar-refractivity contribution in [2.75, 3.05) is 31.1 Å². The fourth-order valence-corrected chi connectivity index (χ4v) is 3.77. The third-order valence-electron chi connectivity index (χ3n) is 5.85. The zero-order chi connectivity index (χ0) is 22.0. The maximum Gasteiger partial charge on any atom is 0.457 e. The van der Waals surface area contributed by atoms with Crippen LogP contribution < -0.4 is 0 Å². The number of carbonyl (C=O) groups is 1. The molecule has 0 amide bonds. The summed E-state index contributed by atoms with van der Waals surface area (Å²) in [5.41, 5.74) is 1.18. The van der Waals surface area contributed by atoms with E-state index in [-0.39, 0.29) is 30.0 Å². The van der Waals surface area contributed by atoms with Gasteiger partial charge in [-0.15, -0.1) is 0 Å². The van der Waals surface area contributed by atoms with Crippen LogP contribution in [0.5, 0.6) is 5.75 Å². The number of benzene rings is 1. The average Bonchev–Trinajstić information content (AvgIpc) is 2.77. The summed E-state index contributed by atoms with van der Waals surface area (Å²) in [5, 5.41) is 10.6. The Balaban J connectivity index is 1.92. The molecule has 0 radical (unpaired) electrons. The van der Waals surface area contributed by atoms with Crippen LogP contribution in [0.3, 0.4) is 0 Å². The van der Waals surface area contributed by atoms with Crippen LogP contribution in [0.25, 0.3) is 0 Å². The molecule has 1 heterocycles. The number of aromatic hydroxyl groups is 1. The van der Waals surface area contributed by atoms with Gasteiger partial charge in [-0.2, -0.15) is 0 Å². The number of phenols is 1. The van der Waals surface area contributed by atoms with E-state index in [9.17, 15) is 9.90 Å². The van der Waals surface area contributed by atoms with Gasteiger partial charge in [0, 0.05) is 11.3 Å². The summed E-state index contributed by atoms with van der Waals surface area (Å²) in [6, 6.07) is 3.57. The number of hydrogen-bond donors (Lipinski definition) is 1. The lowest BCUT2D eigenvalue weighted by atomic mass is 9.81. The Hall–Kier alpha value is -1.18. The lowest BCUT2D eigenvalue weighted by Gasteiger charge is -2.32. The molecule has 0 atom stereocenters. The quantitative estimate of drug-likeness (QED) is 0.489. The summed E-state index contributed by atoms with van der Waals surface area (Å²) in [5.74, 6) is 0.681. The van der Waals surface area contributed by atoms with Crippen molar-refractivity contribution in [1.29, 1.82) is 0 Å². The molecular formula is C22H37BO5S. The monoisotopic (exact) mass is 424 g/mol. The van der Waals surface area contributed by atoms with Crippen molar-refractivity contribution in [1.82, 2.24) is 0 Å². The summed E-state index contributed by atoms with van der Waals surface area (Å²) in [7, 11) is -0.940. The van der Waals surface area contributed by atoms with Crippen LogP contribution in [0.1, 0.15) is 55.6 Å². The van der Waals surface area contributed by atoms with E-state index in [1.54, 1.807) is 13.0 Å². The van der Waals surface area contributed by atoms with E-state index in [2.05, 4.69) is 18.8 Å². The van der Waals surface area contributed by atoms with Crippen LogP contribution in [0, 0.1) is 6.92 Å². The van der Waals surface area contributed by atoms with Crippen LogP contribution in [0.4, 0.5) is 0 Å². The highest BCUT2D eigenvalue weighted by atomic mass is 32.3. The molecule has 1 N–H and O–H groups in total. The Labute approximate surface area is 178 Å². The van der Waals surface area contributed by atoms with Crippen molar-refractivity contribution in [3.63, 3.8) is 0 Å². The zero-order valence-electron chi connectivity index (χ0n) is 19.3. The predicted molar refractivity (Wildman–Crippen MR) is 123 cm³/mol. The van der Waals surface area contributed by atoms with Gasteiger partial charge in [0.25, 0.3) is 0 Å². The van der Waals surface area contributed by atoms with Crippen LogP contribution in [-0.2, 0) is 20.5 Å². The molecular weight excluding hydrogens is 387 g/mol. The molecule has 2 rings (SSSR count). The van der Waals surface area contributed by atoms with Crippen molar-refractivity contribution >= 4 is 23.1 Å². The molecule has 1 aromatic rings. The van der Waals surface area contributed by atoms with Gasteiger partial charge in [-0.25, -0.2) is 14.8 Å². The molecule has 7 heteroatoms. The molecule has 1 fully saturated rings. The first-order chi connectivity index (χ1) is 13.2. The summed E-state index contributed by atoms with van der Waals surface area (Å²) in [6.45, 7) is 10.4. The second-order valence-electron chi connectivity index (χ2n) is 9.75. The van der Waals surface area contributed by atoms with Gasteiger partial charge in [0.05, 0.1) is 23.4 Å². The number of aryl methyl sites for hydroxylation is 1. The van der Waals surface area contributed by atoms with Crippen molar-refractivity contribution in [3.8, 4) is 5.75 Å². The minimum absolute atomic E-state index is 0.176. The van der Waals surface area contributed by atoms with Crippen molar-refractivity contribution < 1.29 is 23.9 Å². The molecule has 1 aromatic carbocycles. The standard InChI is InChI=1S/C22H37BO5S/c1-16-18(20(25)26-14-15-29(6,7)8)12-11-17(19(16)24)10-9-13-23-27-21(2,3)22(4,5)28-23/h11-12,24H,9-10,13-15H2,1-8H3. The average molecular weight is 424 g/mol. The molecule has 0 unspecified atom stereocenters. The van der Waals surface area contributed by atoms with Gasteiger partial charge in [-0.1, -0.05) is 12.5 Å². The maximum atomic E-state index is 12.4. The largest absolute Gasteiger partial charge is 0.507 e. The molecule has 1 aliphatic heterocycles. The number of carbonyl (C=O) groups excluding carboxylic acids is 1. The number of esters is 1. The first kappa shape index (κ1) is 24.1. The first-order valence-corrected chi connectivity index (χ1v) is 13.3. The van der Waals surface area contributed by atoms with Gasteiger partial charge in [-0.3, -0.25) is 0 Å². The highest BCUT2D eigenvalue weighted by molar-refractivity contribution is 8.32. The lowest BCUT2D eigenvalue weighted by molar-refractivity contribution is 0.00578.